The highest BCUT2D eigenvalue weighted by Crippen LogP contribution is 2.27. The maximum absolute atomic E-state index is 11.2. The Labute approximate surface area is 105 Å². The zero-order valence-corrected chi connectivity index (χ0v) is 10.7. The van der Waals surface area contributed by atoms with Crippen LogP contribution in [0.1, 0.15) is 12.8 Å². The summed E-state index contributed by atoms with van der Waals surface area (Å²) in [4.78, 5) is 22.1. The van der Waals surface area contributed by atoms with Crippen LogP contribution in [0.25, 0.3) is 0 Å². The quantitative estimate of drug-likeness (QED) is 0.807. The largest absolute Gasteiger partial charge is 0.358 e. The van der Waals surface area contributed by atoms with Crippen LogP contribution in [0, 0.1) is 0 Å². The van der Waals surface area contributed by atoms with Crippen LogP contribution in [-0.4, -0.2) is 41.8 Å². The Hall–Kier alpha value is -1.30. The molecule has 1 aromatic heterocycles. The standard InChI is InChI=1S/C11H16N4OS/c1-12-9(16)8-17-11-10(13-4-5-14-11)15-6-2-3-7-15/h4-5H,2-3,6-8H2,1H3,(H,12,16). The van der Waals surface area contributed by atoms with Gasteiger partial charge in [-0.2, -0.15) is 0 Å². The van der Waals surface area contributed by atoms with Crippen LogP contribution in [0.4, 0.5) is 5.82 Å². The fourth-order valence-corrected chi connectivity index (χ4v) is 2.63. The molecule has 1 aromatic rings. The lowest BCUT2D eigenvalue weighted by Crippen LogP contribution is -2.22. The molecule has 6 heteroatoms. The number of aromatic nitrogens is 2. The van der Waals surface area contributed by atoms with Gasteiger partial charge < -0.3 is 10.2 Å². The zero-order chi connectivity index (χ0) is 12.1. The molecule has 2 heterocycles. The molecule has 2 rings (SSSR count). The van der Waals surface area contributed by atoms with Gasteiger partial charge in [-0.25, -0.2) is 9.97 Å². The van der Waals surface area contributed by atoms with Crippen molar-refractivity contribution in [1.29, 1.82) is 0 Å². The van der Waals surface area contributed by atoms with E-state index in [0.717, 1.165) is 23.9 Å². The van der Waals surface area contributed by atoms with Crippen molar-refractivity contribution in [1.82, 2.24) is 15.3 Å². The fourth-order valence-electron chi connectivity index (χ4n) is 1.77. The molecular formula is C11H16N4OS. The molecule has 0 spiro atoms. The molecule has 1 saturated heterocycles. The van der Waals surface area contributed by atoms with E-state index in [0.29, 0.717) is 5.75 Å². The number of amides is 1. The summed E-state index contributed by atoms with van der Waals surface area (Å²) in [5.41, 5.74) is 0. The molecule has 5 nitrogen and oxygen atoms in total. The van der Waals surface area contributed by atoms with Crippen LogP contribution in [-0.2, 0) is 4.79 Å². The number of rotatable bonds is 4. The molecule has 1 aliphatic heterocycles. The van der Waals surface area contributed by atoms with Crippen molar-refractivity contribution in [2.75, 3.05) is 30.8 Å². The smallest absolute Gasteiger partial charge is 0.230 e. The first-order valence-corrected chi connectivity index (χ1v) is 6.69. The molecule has 1 aliphatic rings. The van der Waals surface area contributed by atoms with Gasteiger partial charge in [0.15, 0.2) is 5.82 Å². The predicted octanol–water partition coefficient (Wildman–Crippen LogP) is 0.915. The first-order valence-electron chi connectivity index (χ1n) is 5.70. The summed E-state index contributed by atoms with van der Waals surface area (Å²) in [5.74, 6) is 1.31. The topological polar surface area (TPSA) is 58.1 Å². The molecule has 0 bridgehead atoms. The molecule has 92 valence electrons. The summed E-state index contributed by atoms with van der Waals surface area (Å²) in [6.45, 7) is 2.07. The molecule has 1 fully saturated rings. The highest BCUT2D eigenvalue weighted by molar-refractivity contribution is 8.00. The van der Waals surface area contributed by atoms with Gasteiger partial charge in [0.2, 0.25) is 5.91 Å². The molecule has 0 aliphatic carbocycles. The van der Waals surface area contributed by atoms with Crippen LogP contribution >= 0.6 is 11.8 Å². The summed E-state index contributed by atoms with van der Waals surface area (Å²) in [5, 5.41) is 3.45. The van der Waals surface area contributed by atoms with Crippen LogP contribution in [0.3, 0.4) is 0 Å². The summed E-state index contributed by atoms with van der Waals surface area (Å²) in [6.07, 6.45) is 5.79. The van der Waals surface area contributed by atoms with Crippen molar-refractivity contribution >= 4 is 23.5 Å². The van der Waals surface area contributed by atoms with Gasteiger partial charge in [-0.15, -0.1) is 0 Å². The Kier molecular flexibility index (Phi) is 4.19. The van der Waals surface area contributed by atoms with E-state index >= 15 is 0 Å². The number of nitrogens with one attached hydrogen (secondary N) is 1. The summed E-state index contributed by atoms with van der Waals surface area (Å²) in [7, 11) is 1.64. The molecule has 0 unspecified atom stereocenters. The van der Waals surface area contributed by atoms with E-state index in [4.69, 9.17) is 0 Å². The normalized spacial score (nSPS) is 15.0. The van der Waals surface area contributed by atoms with E-state index in [1.54, 1.807) is 19.4 Å². The highest BCUT2D eigenvalue weighted by atomic mass is 32.2. The van der Waals surface area contributed by atoms with Gasteiger partial charge in [-0.3, -0.25) is 4.79 Å². The summed E-state index contributed by atoms with van der Waals surface area (Å²) >= 11 is 1.44. The van der Waals surface area contributed by atoms with Crippen LogP contribution in [0.15, 0.2) is 17.4 Å². The molecule has 1 N–H and O–H groups in total. The second-order valence-corrected chi connectivity index (χ2v) is 4.81. The molecule has 1 amide bonds. The number of hydrogen-bond donors (Lipinski definition) is 1. The third-order valence-electron chi connectivity index (χ3n) is 2.67. The second kappa shape index (κ2) is 5.86. The SMILES string of the molecule is CNC(=O)CSc1nccnc1N1CCCC1. The molecule has 0 aromatic carbocycles. The number of carbonyl (C=O) groups is 1. The Balaban J connectivity index is 2.07. The number of anilines is 1. The number of nitrogens with zero attached hydrogens (tertiary/aromatic N) is 3. The third-order valence-corrected chi connectivity index (χ3v) is 3.64. The lowest BCUT2D eigenvalue weighted by Gasteiger charge is -2.18. The average Bonchev–Trinajstić information content (AvgIpc) is 2.90. The lowest BCUT2D eigenvalue weighted by molar-refractivity contribution is -0.118. The van der Waals surface area contributed by atoms with E-state index < -0.39 is 0 Å². The van der Waals surface area contributed by atoms with Gasteiger partial charge >= 0.3 is 0 Å². The Bertz CT molecular complexity index is 393. The Morgan fingerprint density at radius 1 is 1.41 bits per heavy atom. The lowest BCUT2D eigenvalue weighted by atomic mass is 10.4. The maximum atomic E-state index is 11.2. The van der Waals surface area contributed by atoms with Crippen molar-refractivity contribution in [3.8, 4) is 0 Å². The first-order chi connectivity index (χ1) is 8.31. The van der Waals surface area contributed by atoms with Gasteiger partial charge in [-0.05, 0) is 12.8 Å². The average molecular weight is 252 g/mol. The number of carbonyl (C=O) groups excluding carboxylic acids is 1. The van der Waals surface area contributed by atoms with Crippen LogP contribution < -0.4 is 10.2 Å². The van der Waals surface area contributed by atoms with Gasteiger partial charge in [0.25, 0.3) is 0 Å². The maximum Gasteiger partial charge on any atom is 0.230 e. The molecule has 0 radical (unpaired) electrons. The minimum atomic E-state index is 0.00743. The molecule has 0 saturated carbocycles. The van der Waals surface area contributed by atoms with Crippen molar-refractivity contribution < 1.29 is 4.79 Å². The minimum absolute atomic E-state index is 0.00743. The minimum Gasteiger partial charge on any atom is -0.358 e. The summed E-state index contributed by atoms with van der Waals surface area (Å²) in [6, 6.07) is 0. The monoisotopic (exact) mass is 252 g/mol. The van der Waals surface area contributed by atoms with E-state index in [-0.39, 0.29) is 5.91 Å². The van der Waals surface area contributed by atoms with Gasteiger partial charge in [0, 0.05) is 32.5 Å². The summed E-state index contributed by atoms with van der Waals surface area (Å²) < 4.78 is 0. The Morgan fingerprint density at radius 3 is 2.82 bits per heavy atom. The van der Waals surface area contributed by atoms with E-state index in [2.05, 4.69) is 20.2 Å². The van der Waals surface area contributed by atoms with Crippen molar-refractivity contribution in [2.45, 2.75) is 17.9 Å². The molecule has 17 heavy (non-hydrogen) atoms. The van der Waals surface area contributed by atoms with E-state index in [1.165, 1.54) is 24.6 Å². The molecule has 0 atom stereocenters. The van der Waals surface area contributed by atoms with Gasteiger partial charge in [0.1, 0.15) is 5.03 Å². The first kappa shape index (κ1) is 12.2. The Morgan fingerprint density at radius 2 is 2.12 bits per heavy atom. The molecular weight excluding hydrogens is 236 g/mol. The third kappa shape index (κ3) is 3.09. The van der Waals surface area contributed by atoms with Crippen molar-refractivity contribution in [2.24, 2.45) is 0 Å². The van der Waals surface area contributed by atoms with Crippen LogP contribution in [0.2, 0.25) is 0 Å². The zero-order valence-electron chi connectivity index (χ0n) is 9.85. The van der Waals surface area contributed by atoms with Gasteiger partial charge in [0.05, 0.1) is 5.75 Å². The number of hydrogen-bond acceptors (Lipinski definition) is 5. The predicted molar refractivity (Wildman–Crippen MR) is 68.3 cm³/mol. The van der Waals surface area contributed by atoms with Crippen LogP contribution in [0.5, 0.6) is 0 Å². The van der Waals surface area contributed by atoms with Crippen molar-refractivity contribution in [3.05, 3.63) is 12.4 Å². The highest BCUT2D eigenvalue weighted by Gasteiger charge is 2.18. The van der Waals surface area contributed by atoms with Crippen molar-refractivity contribution in [3.63, 3.8) is 0 Å². The van der Waals surface area contributed by atoms with Gasteiger partial charge in [-0.1, -0.05) is 11.8 Å². The second-order valence-electron chi connectivity index (χ2n) is 3.84. The van der Waals surface area contributed by atoms with E-state index in [1.807, 2.05) is 0 Å². The fraction of sp³-hybridized carbons (Fsp3) is 0.545. The number of thioether (sulfide) groups is 1. The van der Waals surface area contributed by atoms with E-state index in [9.17, 15) is 4.79 Å².